The highest BCUT2D eigenvalue weighted by atomic mass is 16.3. The zero-order valence-electron chi connectivity index (χ0n) is 24.0. The van der Waals surface area contributed by atoms with Crippen molar-refractivity contribution in [1.82, 2.24) is 15.1 Å². The van der Waals surface area contributed by atoms with Gasteiger partial charge < -0.3 is 41.3 Å². The molecule has 222 valence electrons. The summed E-state index contributed by atoms with van der Waals surface area (Å²) < 4.78 is 0. The van der Waals surface area contributed by atoms with Crippen LogP contribution in [0, 0.1) is 11.8 Å². The zero-order chi connectivity index (χ0) is 30.7. The summed E-state index contributed by atoms with van der Waals surface area (Å²) in [4.78, 5) is 56.6. The molecule has 1 saturated carbocycles. The number of primary amides is 1. The van der Waals surface area contributed by atoms with Crippen molar-refractivity contribution in [2.45, 2.75) is 31.0 Å². The molecule has 4 rings (SSSR count). The number of nitrogens with two attached hydrogens (primary N) is 1. The summed E-state index contributed by atoms with van der Waals surface area (Å²) in [6, 6.07) is 0.548. The largest absolute Gasteiger partial charge is 0.508 e. The Bertz CT molecular complexity index is 1410. The molecule has 7 N–H and O–H groups in total. The van der Waals surface area contributed by atoms with Crippen LogP contribution >= 0.6 is 0 Å². The average Bonchev–Trinajstić information content (AvgIpc) is 2.84. The lowest BCUT2D eigenvalue weighted by molar-refractivity contribution is -0.153. The predicted octanol–water partition coefficient (Wildman–Crippen LogP) is -0.792. The van der Waals surface area contributed by atoms with Crippen LogP contribution in [0.3, 0.4) is 0 Å². The first-order chi connectivity index (χ1) is 19.0. The van der Waals surface area contributed by atoms with E-state index in [0.29, 0.717) is 16.8 Å². The number of benzene rings is 1. The lowest BCUT2D eigenvalue weighted by Gasteiger charge is -2.50. The molecular weight excluding hydrogens is 534 g/mol. The van der Waals surface area contributed by atoms with E-state index in [1.54, 1.807) is 58.2 Å². The number of carbonyl (C=O) groups is 4. The molecule has 41 heavy (non-hydrogen) atoms. The lowest BCUT2D eigenvalue weighted by atomic mass is 9.57. The number of hydrogen-bond donors (Lipinski definition) is 6. The van der Waals surface area contributed by atoms with Gasteiger partial charge in [-0.05, 0) is 58.6 Å². The van der Waals surface area contributed by atoms with Crippen LogP contribution in [-0.2, 0) is 32.1 Å². The van der Waals surface area contributed by atoms with E-state index in [1.165, 1.54) is 4.90 Å². The van der Waals surface area contributed by atoms with Crippen LogP contribution in [0.2, 0.25) is 0 Å². The standard InChI is InChI=1S/C28H37N5O8/c1-31(2)11-17(34)30-10-13-9-16(32(3)4)14-7-12-8-15-21(33(5)6)24(37)20(27(29)40)26(39)28(15,41)25(38)18(12)23(36)19(14)22(13)35/h9,12,15,21,35-36,39,41H,7-8,10-11H2,1-6H3,(H2,29,40)(H,30,34)/t12-,15-,21-,28-/m1/s1. The van der Waals surface area contributed by atoms with Crippen molar-refractivity contribution in [3.8, 4) is 5.75 Å². The number of rotatable bonds is 7. The van der Waals surface area contributed by atoms with Gasteiger partial charge in [-0.15, -0.1) is 0 Å². The fourth-order valence-electron chi connectivity index (χ4n) is 6.42. The molecule has 4 atom stereocenters. The maximum atomic E-state index is 14.0. The van der Waals surface area contributed by atoms with E-state index in [0.717, 1.165) is 0 Å². The van der Waals surface area contributed by atoms with Crippen LogP contribution in [0.15, 0.2) is 23.0 Å². The third kappa shape index (κ3) is 4.63. The highest BCUT2D eigenvalue weighted by Gasteiger charge is 2.64. The number of ketones is 2. The number of amides is 2. The van der Waals surface area contributed by atoms with Crippen LogP contribution in [0.4, 0.5) is 5.69 Å². The van der Waals surface area contributed by atoms with Crippen LogP contribution in [0.25, 0.3) is 5.76 Å². The summed E-state index contributed by atoms with van der Waals surface area (Å²) in [5.74, 6) is -7.34. The highest BCUT2D eigenvalue weighted by molar-refractivity contribution is 6.24. The minimum absolute atomic E-state index is 0.00172. The lowest BCUT2D eigenvalue weighted by Crippen LogP contribution is -2.65. The molecule has 1 aromatic rings. The first-order valence-electron chi connectivity index (χ1n) is 13.1. The number of nitrogens with one attached hydrogen (secondary N) is 1. The number of carbonyl (C=O) groups excluding carboxylic acids is 4. The molecule has 0 aromatic heterocycles. The highest BCUT2D eigenvalue weighted by Crippen LogP contribution is 2.54. The van der Waals surface area contributed by atoms with Gasteiger partial charge in [0.1, 0.15) is 22.8 Å². The monoisotopic (exact) mass is 571 g/mol. The molecule has 2 amide bonds. The number of aromatic hydroxyl groups is 1. The van der Waals surface area contributed by atoms with E-state index < -0.39 is 58.0 Å². The Morgan fingerprint density at radius 1 is 1.10 bits per heavy atom. The molecule has 0 saturated heterocycles. The minimum Gasteiger partial charge on any atom is -0.508 e. The van der Waals surface area contributed by atoms with Crippen LogP contribution < -0.4 is 16.0 Å². The van der Waals surface area contributed by atoms with E-state index in [-0.39, 0.29) is 48.7 Å². The van der Waals surface area contributed by atoms with E-state index in [9.17, 15) is 39.6 Å². The zero-order valence-corrected chi connectivity index (χ0v) is 24.0. The molecule has 3 aliphatic rings. The van der Waals surface area contributed by atoms with Crippen molar-refractivity contribution in [2.24, 2.45) is 17.6 Å². The summed E-state index contributed by atoms with van der Waals surface area (Å²) in [5.41, 5.74) is 3.01. The molecule has 0 aliphatic heterocycles. The van der Waals surface area contributed by atoms with Gasteiger partial charge in [-0.25, -0.2) is 0 Å². The third-order valence-electron chi connectivity index (χ3n) is 8.19. The molecule has 0 heterocycles. The summed E-state index contributed by atoms with van der Waals surface area (Å²) in [6.07, 6.45) is 0.171. The van der Waals surface area contributed by atoms with Crippen molar-refractivity contribution in [3.05, 3.63) is 39.7 Å². The average molecular weight is 572 g/mol. The number of hydrogen-bond acceptors (Lipinski definition) is 11. The molecule has 0 radical (unpaired) electrons. The minimum atomic E-state index is -2.71. The van der Waals surface area contributed by atoms with Crippen molar-refractivity contribution in [3.63, 3.8) is 0 Å². The molecule has 3 aliphatic carbocycles. The fourth-order valence-corrected chi connectivity index (χ4v) is 6.42. The first-order valence-corrected chi connectivity index (χ1v) is 13.1. The number of anilines is 1. The number of Topliss-reactive ketones (excluding diaryl/α,β-unsaturated/α-hetero) is 2. The quantitative estimate of drug-likeness (QED) is 0.224. The molecule has 1 fully saturated rings. The summed E-state index contributed by atoms with van der Waals surface area (Å²) in [5, 5.41) is 48.3. The summed E-state index contributed by atoms with van der Waals surface area (Å²) in [6.45, 7) is 0.0645. The summed E-state index contributed by atoms with van der Waals surface area (Å²) >= 11 is 0. The topological polar surface area (TPSA) is 197 Å². The number of nitrogens with zero attached hydrogens (tertiary/aromatic N) is 3. The van der Waals surface area contributed by atoms with E-state index in [4.69, 9.17) is 5.73 Å². The van der Waals surface area contributed by atoms with Gasteiger partial charge in [-0.1, -0.05) is 0 Å². The SMILES string of the molecule is CN(C)CC(=O)NCc1cc(N(C)C)c2c(c1O)C(O)=C1C(=O)[C@@]3(O)C(O)=C(C(N)=O)C(=O)[C@H](N(C)C)[C@H]3C[C@H]1C2. The number of aliphatic hydroxyl groups is 3. The molecule has 0 bridgehead atoms. The fraction of sp³-hybridized carbons (Fsp3) is 0.500. The Labute approximate surface area is 237 Å². The van der Waals surface area contributed by atoms with Crippen molar-refractivity contribution < 1.29 is 39.6 Å². The van der Waals surface area contributed by atoms with E-state index in [2.05, 4.69) is 5.32 Å². The van der Waals surface area contributed by atoms with Crippen LogP contribution in [0.1, 0.15) is 23.1 Å². The van der Waals surface area contributed by atoms with Gasteiger partial charge in [0.2, 0.25) is 11.7 Å². The maximum Gasteiger partial charge on any atom is 0.255 e. The second kappa shape index (κ2) is 10.5. The van der Waals surface area contributed by atoms with Gasteiger partial charge >= 0.3 is 0 Å². The third-order valence-corrected chi connectivity index (χ3v) is 8.19. The van der Waals surface area contributed by atoms with Gasteiger partial charge in [0.05, 0.1) is 18.2 Å². The van der Waals surface area contributed by atoms with Crippen LogP contribution in [0.5, 0.6) is 5.75 Å². The Morgan fingerprint density at radius 2 is 1.73 bits per heavy atom. The Morgan fingerprint density at radius 3 is 2.27 bits per heavy atom. The maximum absolute atomic E-state index is 14.0. The predicted molar refractivity (Wildman–Crippen MR) is 149 cm³/mol. The molecule has 0 spiro atoms. The second-order valence-electron chi connectivity index (χ2n) is 11.6. The number of phenols is 1. The van der Waals surface area contributed by atoms with Gasteiger partial charge in [-0.3, -0.25) is 24.1 Å². The number of phenolic OH excluding ortho intramolecular Hbond substituents is 1. The summed E-state index contributed by atoms with van der Waals surface area (Å²) in [7, 11) is 10.1. The molecule has 0 unspecified atom stereocenters. The first kappa shape index (κ1) is 30.0. The molecular formula is C28H37N5O8. The molecule has 13 heteroatoms. The van der Waals surface area contributed by atoms with Crippen LogP contribution in [-0.4, -0.2) is 114 Å². The van der Waals surface area contributed by atoms with Gasteiger partial charge in [0.25, 0.3) is 5.91 Å². The van der Waals surface area contributed by atoms with Gasteiger partial charge in [0.15, 0.2) is 11.4 Å². The Balaban J connectivity index is 1.90. The van der Waals surface area contributed by atoms with Crippen molar-refractivity contribution in [1.29, 1.82) is 0 Å². The molecule has 13 nitrogen and oxygen atoms in total. The van der Waals surface area contributed by atoms with E-state index >= 15 is 0 Å². The number of aliphatic hydroxyl groups excluding tert-OH is 2. The number of fused-ring (bicyclic) bond motifs is 3. The van der Waals surface area contributed by atoms with Gasteiger partial charge in [0, 0.05) is 43.4 Å². The Kier molecular flexibility index (Phi) is 7.67. The second-order valence-corrected chi connectivity index (χ2v) is 11.6. The number of likely N-dealkylation sites (N-methyl/N-ethyl adjacent to an activating group) is 2. The smallest absolute Gasteiger partial charge is 0.255 e. The van der Waals surface area contributed by atoms with Crippen molar-refractivity contribution in [2.75, 3.05) is 53.7 Å². The normalized spacial score (nSPS) is 25.7. The molecule has 1 aromatic carbocycles. The van der Waals surface area contributed by atoms with Gasteiger partial charge in [-0.2, -0.15) is 0 Å². The van der Waals surface area contributed by atoms with Crippen molar-refractivity contribution >= 4 is 34.8 Å². The van der Waals surface area contributed by atoms with E-state index in [1.807, 2.05) is 0 Å². The Hall–Kier alpha value is -3.94.